The summed E-state index contributed by atoms with van der Waals surface area (Å²) in [5.74, 6) is -1.79. The highest BCUT2D eigenvalue weighted by Gasteiger charge is 2.34. The number of anilines is 2. The van der Waals surface area contributed by atoms with Crippen molar-refractivity contribution < 1.29 is 27.9 Å². The number of hydrogen-bond donors (Lipinski definition) is 1. The van der Waals surface area contributed by atoms with E-state index in [1.54, 1.807) is 29.4 Å². The van der Waals surface area contributed by atoms with Gasteiger partial charge in [-0.1, -0.05) is 0 Å². The summed E-state index contributed by atoms with van der Waals surface area (Å²) in [5, 5.41) is 1.46. The van der Waals surface area contributed by atoms with E-state index in [1.807, 2.05) is 0 Å². The zero-order valence-corrected chi connectivity index (χ0v) is 19.4. The first-order valence-corrected chi connectivity index (χ1v) is 11.5. The van der Waals surface area contributed by atoms with E-state index in [0.29, 0.717) is 13.0 Å². The summed E-state index contributed by atoms with van der Waals surface area (Å²) in [7, 11) is 0. The molecule has 9 nitrogen and oxygen atoms in total. The summed E-state index contributed by atoms with van der Waals surface area (Å²) in [6.07, 6.45) is 2.83. The van der Waals surface area contributed by atoms with Gasteiger partial charge in [0, 0.05) is 50.6 Å². The number of rotatable bonds is 7. The predicted molar refractivity (Wildman–Crippen MR) is 124 cm³/mol. The number of cyclic esters (lactones) is 1. The normalized spacial score (nSPS) is 18.4. The number of nitrogens with zero attached hydrogens (tertiary/aromatic N) is 4. The van der Waals surface area contributed by atoms with Crippen LogP contribution in [-0.4, -0.2) is 66.6 Å². The molecule has 1 atom stereocenters. The van der Waals surface area contributed by atoms with Crippen LogP contribution in [0.15, 0.2) is 36.7 Å². The average molecular weight is 488 g/mol. The van der Waals surface area contributed by atoms with Gasteiger partial charge in [0.1, 0.15) is 17.6 Å². The van der Waals surface area contributed by atoms with E-state index in [4.69, 9.17) is 4.74 Å². The highest BCUT2D eigenvalue weighted by atomic mass is 19.1. The molecule has 186 valence electrons. The maximum Gasteiger partial charge on any atom is 0.414 e. The fraction of sp³-hybridized carbons (Fsp3) is 0.417. The van der Waals surface area contributed by atoms with Crippen LogP contribution in [0.3, 0.4) is 0 Å². The molecule has 1 aromatic carbocycles. The number of carbonyl (C=O) groups is 3. The maximum atomic E-state index is 15.1. The summed E-state index contributed by atoms with van der Waals surface area (Å²) in [6.45, 7) is 2.63. The molecule has 2 aliphatic heterocycles. The van der Waals surface area contributed by atoms with Crippen molar-refractivity contribution in [3.63, 3.8) is 0 Å². The number of nitrogens with one attached hydrogen (secondary N) is 1. The van der Waals surface area contributed by atoms with Crippen LogP contribution in [-0.2, 0) is 20.7 Å². The molecule has 11 heteroatoms. The van der Waals surface area contributed by atoms with Crippen LogP contribution in [0.1, 0.15) is 25.3 Å². The van der Waals surface area contributed by atoms with Crippen molar-refractivity contribution in [1.82, 2.24) is 15.4 Å². The van der Waals surface area contributed by atoms with Crippen molar-refractivity contribution in [2.75, 3.05) is 42.5 Å². The smallest absolute Gasteiger partial charge is 0.414 e. The number of ketones is 1. The van der Waals surface area contributed by atoms with Crippen molar-refractivity contribution in [2.45, 2.75) is 32.3 Å². The second-order valence-electron chi connectivity index (χ2n) is 8.59. The Balaban J connectivity index is 1.42. The number of ether oxygens (including phenoxy) is 1. The van der Waals surface area contributed by atoms with Gasteiger partial charge in [-0.05, 0) is 31.0 Å². The van der Waals surface area contributed by atoms with Gasteiger partial charge in [0.05, 0.1) is 25.2 Å². The largest absolute Gasteiger partial charge is 0.444 e. The van der Waals surface area contributed by atoms with E-state index in [2.05, 4.69) is 10.4 Å². The van der Waals surface area contributed by atoms with E-state index in [-0.39, 0.29) is 62.1 Å². The van der Waals surface area contributed by atoms with Gasteiger partial charge in [-0.15, -0.1) is 0 Å². The fourth-order valence-electron chi connectivity index (χ4n) is 4.20. The molecule has 0 bridgehead atoms. The SMILES string of the molecule is CC(=O)CC[C@H]1CN(c2cc(F)c(N3CCNN(C(=O)Cc4ccncc4)CC3)c(F)c2)C(=O)O1. The van der Waals surface area contributed by atoms with Crippen molar-refractivity contribution >= 4 is 29.2 Å². The number of amides is 2. The Morgan fingerprint density at radius 2 is 1.86 bits per heavy atom. The summed E-state index contributed by atoms with van der Waals surface area (Å²) >= 11 is 0. The third kappa shape index (κ3) is 5.91. The molecule has 2 aromatic rings. The minimum absolute atomic E-state index is 0.0227. The number of aromatic nitrogens is 1. The Bertz CT molecular complexity index is 1080. The molecule has 2 saturated heterocycles. The van der Waals surface area contributed by atoms with Gasteiger partial charge < -0.3 is 14.4 Å². The number of benzene rings is 1. The summed E-state index contributed by atoms with van der Waals surface area (Å²) < 4.78 is 35.4. The first kappa shape index (κ1) is 24.5. The topological polar surface area (TPSA) is 95.1 Å². The summed E-state index contributed by atoms with van der Waals surface area (Å²) in [5.41, 5.74) is 3.69. The molecule has 0 radical (unpaired) electrons. The first-order chi connectivity index (χ1) is 16.8. The van der Waals surface area contributed by atoms with Gasteiger partial charge in [0.2, 0.25) is 5.91 Å². The van der Waals surface area contributed by atoms with Gasteiger partial charge in [-0.25, -0.2) is 19.0 Å². The molecule has 1 aromatic heterocycles. The van der Waals surface area contributed by atoms with E-state index >= 15 is 8.78 Å². The number of carbonyl (C=O) groups excluding carboxylic acids is 3. The molecule has 35 heavy (non-hydrogen) atoms. The number of Topliss-reactive ketones (excluding diaryl/α,β-unsaturated/α-hetero) is 1. The number of hydrazine groups is 1. The highest BCUT2D eigenvalue weighted by Crippen LogP contribution is 2.31. The van der Waals surface area contributed by atoms with Crippen LogP contribution in [0.25, 0.3) is 0 Å². The van der Waals surface area contributed by atoms with Gasteiger partial charge in [0.15, 0.2) is 11.6 Å². The lowest BCUT2D eigenvalue weighted by atomic mass is 10.1. The van der Waals surface area contributed by atoms with Gasteiger partial charge in [-0.3, -0.25) is 19.7 Å². The number of pyridine rings is 1. The molecule has 4 rings (SSSR count). The van der Waals surface area contributed by atoms with Crippen LogP contribution in [0.4, 0.5) is 25.0 Å². The quantitative estimate of drug-likeness (QED) is 0.641. The molecule has 0 unspecified atom stereocenters. The zero-order valence-electron chi connectivity index (χ0n) is 19.4. The zero-order chi connectivity index (χ0) is 24.9. The molecule has 1 N–H and O–H groups in total. The van der Waals surface area contributed by atoms with Crippen LogP contribution < -0.4 is 15.2 Å². The lowest BCUT2D eigenvalue weighted by Crippen LogP contribution is -2.44. The molecule has 0 aliphatic carbocycles. The monoisotopic (exact) mass is 487 g/mol. The van der Waals surface area contributed by atoms with E-state index in [0.717, 1.165) is 17.7 Å². The Morgan fingerprint density at radius 1 is 1.14 bits per heavy atom. The van der Waals surface area contributed by atoms with Crippen molar-refractivity contribution in [1.29, 1.82) is 0 Å². The van der Waals surface area contributed by atoms with Crippen molar-refractivity contribution in [2.24, 2.45) is 0 Å². The Morgan fingerprint density at radius 3 is 2.54 bits per heavy atom. The first-order valence-electron chi connectivity index (χ1n) is 11.5. The Kier molecular flexibility index (Phi) is 7.54. The third-order valence-electron chi connectivity index (χ3n) is 6.01. The lowest BCUT2D eigenvalue weighted by Gasteiger charge is -2.25. The Labute approximate surface area is 201 Å². The van der Waals surface area contributed by atoms with E-state index in [1.165, 1.54) is 16.8 Å². The van der Waals surface area contributed by atoms with Crippen molar-refractivity contribution in [3.8, 4) is 0 Å². The van der Waals surface area contributed by atoms with Crippen LogP contribution in [0.2, 0.25) is 0 Å². The van der Waals surface area contributed by atoms with Crippen LogP contribution >= 0.6 is 0 Å². The standard InChI is InChI=1S/C24H27F2N5O4/c1-16(32)2-3-19-15-30(24(34)35-19)18-13-20(25)23(21(26)14-18)29-9-8-28-31(11-10-29)22(33)12-17-4-6-27-7-5-17/h4-7,13-14,19,28H,2-3,8-12,15H2,1H3/t19-/m0/s1. The minimum Gasteiger partial charge on any atom is -0.444 e. The number of halogens is 2. The number of hydrogen-bond acceptors (Lipinski definition) is 7. The molecule has 0 saturated carbocycles. The van der Waals surface area contributed by atoms with E-state index in [9.17, 15) is 14.4 Å². The Hall–Kier alpha value is -3.60. The fourth-order valence-corrected chi connectivity index (χ4v) is 4.20. The summed E-state index contributed by atoms with van der Waals surface area (Å²) in [6, 6.07) is 5.74. The van der Waals surface area contributed by atoms with E-state index < -0.39 is 23.8 Å². The minimum atomic E-state index is -0.809. The average Bonchev–Trinajstić information content (AvgIpc) is 3.02. The molecule has 2 fully saturated rings. The third-order valence-corrected chi connectivity index (χ3v) is 6.01. The van der Waals surface area contributed by atoms with Gasteiger partial charge >= 0.3 is 6.09 Å². The highest BCUT2D eigenvalue weighted by molar-refractivity contribution is 5.90. The molecular formula is C24H27F2N5O4. The molecule has 2 amide bonds. The van der Waals surface area contributed by atoms with Crippen LogP contribution in [0, 0.1) is 11.6 Å². The molecule has 2 aliphatic rings. The lowest BCUT2D eigenvalue weighted by molar-refractivity contribution is -0.133. The molecule has 0 spiro atoms. The maximum absolute atomic E-state index is 15.1. The molecular weight excluding hydrogens is 460 g/mol. The van der Waals surface area contributed by atoms with Gasteiger partial charge in [0.25, 0.3) is 0 Å². The van der Waals surface area contributed by atoms with Crippen LogP contribution in [0.5, 0.6) is 0 Å². The summed E-state index contributed by atoms with van der Waals surface area (Å²) in [4.78, 5) is 42.7. The van der Waals surface area contributed by atoms with Crippen molar-refractivity contribution in [3.05, 3.63) is 53.9 Å². The second kappa shape index (κ2) is 10.8. The molecule has 3 heterocycles. The van der Waals surface area contributed by atoms with Gasteiger partial charge in [-0.2, -0.15) is 0 Å². The second-order valence-corrected chi connectivity index (χ2v) is 8.59. The predicted octanol–water partition coefficient (Wildman–Crippen LogP) is 2.45.